The molecule has 0 N–H and O–H groups in total. The summed E-state index contributed by atoms with van der Waals surface area (Å²) in [6, 6.07) is 4.42. The maximum atomic E-state index is 12.8. The Hall–Kier alpha value is -1.38. The van der Waals surface area contributed by atoms with Gasteiger partial charge in [0.05, 0.1) is 11.4 Å². The van der Waals surface area contributed by atoms with E-state index in [-0.39, 0.29) is 5.82 Å². The summed E-state index contributed by atoms with van der Waals surface area (Å²) in [4.78, 5) is 5.57. The van der Waals surface area contributed by atoms with Gasteiger partial charge >= 0.3 is 0 Å². The highest BCUT2D eigenvalue weighted by Crippen LogP contribution is 2.26. The van der Waals surface area contributed by atoms with Crippen LogP contribution in [0.4, 0.5) is 15.8 Å². The van der Waals surface area contributed by atoms with Crippen LogP contribution in [0.1, 0.15) is 0 Å². The van der Waals surface area contributed by atoms with Crippen LogP contribution in [-0.2, 0) is 0 Å². The predicted molar refractivity (Wildman–Crippen MR) is 49.9 cm³/mol. The molecule has 0 saturated heterocycles. The van der Waals surface area contributed by atoms with Gasteiger partial charge in [0.1, 0.15) is 5.82 Å². The summed E-state index contributed by atoms with van der Waals surface area (Å²) in [5.41, 5.74) is 1.44. The molecule has 0 atom stereocenters. The van der Waals surface area contributed by atoms with E-state index in [0.29, 0.717) is 5.69 Å². The van der Waals surface area contributed by atoms with Gasteiger partial charge in [0.15, 0.2) is 0 Å². The first-order valence-corrected chi connectivity index (χ1v) is 3.58. The summed E-state index contributed by atoms with van der Waals surface area (Å²) >= 11 is 0. The number of anilines is 1. The van der Waals surface area contributed by atoms with Crippen LogP contribution in [0.15, 0.2) is 23.2 Å². The first kappa shape index (κ1) is 8.71. The lowest BCUT2D eigenvalue weighted by Gasteiger charge is -2.14. The van der Waals surface area contributed by atoms with Crippen molar-refractivity contribution in [3.05, 3.63) is 24.0 Å². The maximum Gasteiger partial charge on any atom is 0.125 e. The molecule has 0 amide bonds. The first-order valence-electron chi connectivity index (χ1n) is 3.58. The Morgan fingerprint density at radius 1 is 1.42 bits per heavy atom. The van der Waals surface area contributed by atoms with Crippen LogP contribution >= 0.6 is 0 Å². The van der Waals surface area contributed by atoms with Gasteiger partial charge in [0.2, 0.25) is 0 Å². The van der Waals surface area contributed by atoms with E-state index in [1.807, 2.05) is 14.1 Å². The van der Waals surface area contributed by atoms with Gasteiger partial charge in [0, 0.05) is 14.1 Å². The third kappa shape index (κ3) is 1.61. The molecular formula is C9H11FN2. The Morgan fingerprint density at radius 3 is 2.58 bits per heavy atom. The van der Waals surface area contributed by atoms with E-state index in [4.69, 9.17) is 0 Å². The van der Waals surface area contributed by atoms with E-state index in [1.54, 1.807) is 11.0 Å². The summed E-state index contributed by atoms with van der Waals surface area (Å²) in [5, 5.41) is 0. The highest BCUT2D eigenvalue weighted by Gasteiger charge is 2.03. The average molecular weight is 166 g/mol. The topological polar surface area (TPSA) is 15.6 Å². The highest BCUT2D eigenvalue weighted by molar-refractivity contribution is 5.68. The summed E-state index contributed by atoms with van der Waals surface area (Å²) in [6.45, 7) is 3.40. The van der Waals surface area contributed by atoms with Crippen molar-refractivity contribution in [1.82, 2.24) is 0 Å². The lowest BCUT2D eigenvalue weighted by atomic mass is 10.2. The predicted octanol–water partition coefficient (Wildman–Crippen LogP) is 2.22. The minimum atomic E-state index is -0.258. The number of aliphatic imine (C=N–C) groups is 1. The van der Waals surface area contributed by atoms with Crippen LogP contribution in [0.2, 0.25) is 0 Å². The van der Waals surface area contributed by atoms with Crippen LogP contribution in [0.3, 0.4) is 0 Å². The Labute approximate surface area is 71.3 Å². The second-order valence-electron chi connectivity index (χ2n) is 2.69. The SMILES string of the molecule is C=Nc1ccc(F)cc1N(C)C. The van der Waals surface area contributed by atoms with Crippen LogP contribution in [0, 0.1) is 5.82 Å². The Morgan fingerprint density at radius 2 is 2.08 bits per heavy atom. The van der Waals surface area contributed by atoms with E-state index in [2.05, 4.69) is 11.7 Å². The first-order chi connectivity index (χ1) is 5.65. The molecule has 0 spiro atoms. The number of benzene rings is 1. The molecule has 12 heavy (non-hydrogen) atoms. The normalized spacial score (nSPS) is 9.58. The molecule has 0 unspecified atom stereocenters. The zero-order chi connectivity index (χ0) is 9.14. The molecule has 0 aliphatic carbocycles. The van der Waals surface area contributed by atoms with Crippen LogP contribution in [0.25, 0.3) is 0 Å². The van der Waals surface area contributed by atoms with Crippen LogP contribution < -0.4 is 4.90 Å². The highest BCUT2D eigenvalue weighted by atomic mass is 19.1. The number of halogens is 1. The van der Waals surface area contributed by atoms with Gasteiger partial charge < -0.3 is 4.90 Å². The van der Waals surface area contributed by atoms with Gasteiger partial charge in [-0.3, -0.25) is 4.99 Å². The molecule has 1 rings (SSSR count). The van der Waals surface area contributed by atoms with Gasteiger partial charge in [-0.15, -0.1) is 0 Å². The monoisotopic (exact) mass is 166 g/mol. The molecule has 0 fully saturated rings. The summed E-state index contributed by atoms with van der Waals surface area (Å²) in [7, 11) is 3.67. The number of hydrogen-bond acceptors (Lipinski definition) is 2. The maximum absolute atomic E-state index is 12.8. The lowest BCUT2D eigenvalue weighted by molar-refractivity contribution is 0.628. The fraction of sp³-hybridized carbons (Fsp3) is 0.222. The fourth-order valence-corrected chi connectivity index (χ4v) is 0.988. The molecule has 0 aliphatic heterocycles. The molecule has 1 aromatic carbocycles. The van der Waals surface area contributed by atoms with E-state index >= 15 is 0 Å². The third-order valence-electron chi connectivity index (χ3n) is 1.59. The Bertz CT molecular complexity index is 295. The van der Waals surface area contributed by atoms with Gasteiger partial charge in [-0.05, 0) is 24.9 Å². The fourth-order valence-electron chi connectivity index (χ4n) is 0.988. The quantitative estimate of drug-likeness (QED) is 0.615. The minimum absolute atomic E-state index is 0.258. The molecule has 1 aromatic rings. The molecule has 2 nitrogen and oxygen atoms in total. The second-order valence-corrected chi connectivity index (χ2v) is 2.69. The van der Waals surface area contributed by atoms with Crippen molar-refractivity contribution in [2.45, 2.75) is 0 Å². The van der Waals surface area contributed by atoms with Gasteiger partial charge in [-0.25, -0.2) is 4.39 Å². The van der Waals surface area contributed by atoms with Crippen molar-refractivity contribution in [2.24, 2.45) is 4.99 Å². The molecule has 0 radical (unpaired) electrons. The minimum Gasteiger partial charge on any atom is -0.376 e. The van der Waals surface area contributed by atoms with Crippen molar-refractivity contribution in [3.8, 4) is 0 Å². The Balaban J connectivity index is 3.21. The van der Waals surface area contributed by atoms with Crippen molar-refractivity contribution in [2.75, 3.05) is 19.0 Å². The van der Waals surface area contributed by atoms with E-state index in [9.17, 15) is 4.39 Å². The largest absolute Gasteiger partial charge is 0.376 e. The summed E-state index contributed by atoms with van der Waals surface area (Å²) < 4.78 is 12.8. The van der Waals surface area contributed by atoms with Gasteiger partial charge in [-0.1, -0.05) is 0 Å². The Kier molecular flexibility index (Phi) is 2.43. The van der Waals surface area contributed by atoms with Crippen LogP contribution in [-0.4, -0.2) is 20.8 Å². The average Bonchev–Trinajstić information content (AvgIpc) is 2.04. The van der Waals surface area contributed by atoms with Crippen molar-refractivity contribution in [1.29, 1.82) is 0 Å². The number of rotatable bonds is 2. The zero-order valence-electron chi connectivity index (χ0n) is 7.21. The van der Waals surface area contributed by atoms with Crippen molar-refractivity contribution >= 4 is 18.1 Å². The molecule has 3 heteroatoms. The molecular weight excluding hydrogens is 155 g/mol. The summed E-state index contributed by atoms with van der Waals surface area (Å²) in [5.74, 6) is -0.258. The van der Waals surface area contributed by atoms with Crippen LogP contribution in [0.5, 0.6) is 0 Å². The zero-order valence-corrected chi connectivity index (χ0v) is 7.21. The van der Waals surface area contributed by atoms with Crippen molar-refractivity contribution in [3.63, 3.8) is 0 Å². The van der Waals surface area contributed by atoms with Gasteiger partial charge in [0.25, 0.3) is 0 Å². The van der Waals surface area contributed by atoms with E-state index in [0.717, 1.165) is 5.69 Å². The lowest BCUT2D eigenvalue weighted by Crippen LogP contribution is -2.08. The second kappa shape index (κ2) is 3.34. The number of hydrogen-bond donors (Lipinski definition) is 0. The molecule has 64 valence electrons. The third-order valence-corrected chi connectivity index (χ3v) is 1.59. The van der Waals surface area contributed by atoms with Gasteiger partial charge in [-0.2, -0.15) is 0 Å². The van der Waals surface area contributed by atoms with E-state index < -0.39 is 0 Å². The molecule has 0 heterocycles. The van der Waals surface area contributed by atoms with E-state index in [1.165, 1.54) is 12.1 Å². The molecule has 0 bridgehead atoms. The van der Waals surface area contributed by atoms with Crippen molar-refractivity contribution < 1.29 is 4.39 Å². The standard InChI is InChI=1S/C9H11FN2/c1-11-8-5-4-7(10)6-9(8)12(2)3/h4-6H,1H2,2-3H3. The summed E-state index contributed by atoms with van der Waals surface area (Å²) in [6.07, 6.45) is 0. The smallest absolute Gasteiger partial charge is 0.125 e. The number of nitrogens with zero attached hydrogens (tertiary/aromatic N) is 2. The molecule has 0 aliphatic rings. The molecule has 0 aromatic heterocycles. The molecule has 0 saturated carbocycles.